The van der Waals surface area contributed by atoms with E-state index in [9.17, 15) is 9.18 Å². The van der Waals surface area contributed by atoms with Crippen LogP contribution < -0.4 is 10.6 Å². The third kappa shape index (κ3) is 5.05. The van der Waals surface area contributed by atoms with E-state index in [4.69, 9.17) is 0 Å². The number of aryl methyl sites for hydroxylation is 2. The van der Waals surface area contributed by atoms with Crippen LogP contribution in [-0.4, -0.2) is 27.9 Å². The summed E-state index contributed by atoms with van der Waals surface area (Å²) in [5.74, 6) is -0.243. The predicted molar refractivity (Wildman–Crippen MR) is 97.1 cm³/mol. The number of hydrogen-bond donors (Lipinski definition) is 2. The Labute approximate surface area is 148 Å². The summed E-state index contributed by atoms with van der Waals surface area (Å²) in [6, 6.07) is 6.20. The molecule has 0 saturated heterocycles. The molecular weight excluding hydrogens is 319 g/mol. The number of nitrogens with zero attached hydrogens (tertiary/aromatic N) is 2. The lowest BCUT2D eigenvalue weighted by molar-refractivity contribution is 0.234. The Morgan fingerprint density at radius 1 is 1.16 bits per heavy atom. The fraction of sp³-hybridized carbons (Fsp3) is 0.474. The molecule has 2 amide bonds. The number of carbonyl (C=O) groups is 1. The highest BCUT2D eigenvalue weighted by atomic mass is 19.1. The summed E-state index contributed by atoms with van der Waals surface area (Å²) in [6.45, 7) is 7.84. The molecule has 0 radical (unpaired) electrons. The minimum absolute atomic E-state index is 0.0257. The number of halogens is 1. The van der Waals surface area contributed by atoms with Crippen molar-refractivity contribution in [1.29, 1.82) is 0 Å². The van der Waals surface area contributed by atoms with Gasteiger partial charge < -0.3 is 10.6 Å². The summed E-state index contributed by atoms with van der Waals surface area (Å²) in [4.78, 5) is 12.2. The van der Waals surface area contributed by atoms with E-state index in [1.165, 1.54) is 6.07 Å². The zero-order chi connectivity index (χ0) is 18.6. The Hall–Kier alpha value is -2.37. The molecule has 0 spiro atoms. The van der Waals surface area contributed by atoms with Gasteiger partial charge in [-0.1, -0.05) is 18.2 Å². The van der Waals surface area contributed by atoms with Crippen molar-refractivity contribution in [1.82, 2.24) is 20.4 Å². The van der Waals surface area contributed by atoms with Crippen LogP contribution in [0.4, 0.5) is 9.18 Å². The maximum atomic E-state index is 13.7. The minimum atomic E-state index is -0.243. The van der Waals surface area contributed by atoms with Crippen LogP contribution in [0.15, 0.2) is 24.3 Å². The molecule has 0 saturated carbocycles. The van der Waals surface area contributed by atoms with Crippen LogP contribution >= 0.6 is 0 Å². The molecule has 0 aliphatic rings. The summed E-state index contributed by atoms with van der Waals surface area (Å²) in [5.41, 5.74) is 3.86. The molecule has 2 aromatic rings. The van der Waals surface area contributed by atoms with Gasteiger partial charge >= 0.3 is 6.03 Å². The van der Waals surface area contributed by atoms with Crippen LogP contribution in [0.25, 0.3) is 0 Å². The molecule has 1 aromatic carbocycles. The van der Waals surface area contributed by atoms with Gasteiger partial charge in [0, 0.05) is 24.8 Å². The molecule has 2 rings (SSSR count). The van der Waals surface area contributed by atoms with E-state index >= 15 is 0 Å². The Bertz CT molecular complexity index is 741. The molecule has 2 N–H and O–H groups in total. The summed E-state index contributed by atoms with van der Waals surface area (Å²) < 4.78 is 15.5. The first-order chi connectivity index (χ1) is 11.8. The highest BCUT2D eigenvalue weighted by molar-refractivity contribution is 5.74. The standard InChI is InChI=1S/C19H27FN4O/c1-12(10-16-8-6-7-9-18(16)20)21-19(25)22-13(2)11-17-14(3)23-24(5)15(17)4/h6-9,12-13H,10-11H2,1-5H3,(H2,21,22,25)/t12-,13-/m1/s1. The van der Waals surface area contributed by atoms with Crippen LogP contribution in [0, 0.1) is 19.7 Å². The first kappa shape index (κ1) is 19.0. The fourth-order valence-corrected chi connectivity index (χ4v) is 3.00. The van der Waals surface area contributed by atoms with E-state index in [1.54, 1.807) is 18.2 Å². The normalized spacial score (nSPS) is 13.4. The monoisotopic (exact) mass is 346 g/mol. The number of aromatic nitrogens is 2. The second-order valence-electron chi connectivity index (χ2n) is 6.69. The zero-order valence-electron chi connectivity index (χ0n) is 15.6. The van der Waals surface area contributed by atoms with E-state index < -0.39 is 0 Å². The quantitative estimate of drug-likeness (QED) is 0.845. The molecule has 0 fully saturated rings. The SMILES string of the molecule is Cc1nn(C)c(C)c1C[C@@H](C)NC(=O)N[C@H](C)Cc1ccccc1F. The van der Waals surface area contributed by atoms with Gasteiger partial charge in [0.2, 0.25) is 0 Å². The molecule has 136 valence electrons. The molecule has 25 heavy (non-hydrogen) atoms. The van der Waals surface area contributed by atoms with Crippen molar-refractivity contribution in [2.75, 3.05) is 0 Å². The molecule has 6 heteroatoms. The van der Waals surface area contributed by atoms with Crippen molar-refractivity contribution in [3.63, 3.8) is 0 Å². The molecular formula is C19H27FN4O. The molecule has 1 heterocycles. The number of rotatable bonds is 6. The number of benzene rings is 1. The predicted octanol–water partition coefficient (Wildman–Crippen LogP) is 3.04. The minimum Gasteiger partial charge on any atom is -0.335 e. The van der Waals surface area contributed by atoms with Crippen LogP contribution in [0.2, 0.25) is 0 Å². The topological polar surface area (TPSA) is 59.0 Å². The first-order valence-corrected chi connectivity index (χ1v) is 8.57. The molecule has 0 bridgehead atoms. The van der Waals surface area contributed by atoms with Crippen LogP contribution in [0.5, 0.6) is 0 Å². The number of urea groups is 1. The van der Waals surface area contributed by atoms with E-state index in [2.05, 4.69) is 15.7 Å². The molecule has 2 atom stereocenters. The molecule has 0 unspecified atom stereocenters. The maximum absolute atomic E-state index is 13.7. The van der Waals surface area contributed by atoms with Crippen molar-refractivity contribution in [3.05, 3.63) is 52.6 Å². The van der Waals surface area contributed by atoms with Gasteiger partial charge in [0.15, 0.2) is 0 Å². The third-order valence-corrected chi connectivity index (χ3v) is 4.41. The van der Waals surface area contributed by atoms with Crippen molar-refractivity contribution < 1.29 is 9.18 Å². The summed E-state index contributed by atoms with van der Waals surface area (Å²) in [5, 5.41) is 10.2. The number of hydrogen-bond acceptors (Lipinski definition) is 2. The molecule has 0 aliphatic heterocycles. The van der Waals surface area contributed by atoms with Crippen molar-refractivity contribution >= 4 is 6.03 Å². The zero-order valence-corrected chi connectivity index (χ0v) is 15.6. The molecule has 0 aliphatic carbocycles. The van der Waals surface area contributed by atoms with Gasteiger partial charge in [-0.2, -0.15) is 5.10 Å². The second-order valence-corrected chi connectivity index (χ2v) is 6.69. The number of carbonyl (C=O) groups excluding carboxylic acids is 1. The van der Waals surface area contributed by atoms with Crippen molar-refractivity contribution in [3.8, 4) is 0 Å². The highest BCUT2D eigenvalue weighted by Gasteiger charge is 2.16. The Morgan fingerprint density at radius 2 is 1.76 bits per heavy atom. The van der Waals surface area contributed by atoms with Gasteiger partial charge in [-0.05, 0) is 57.7 Å². The van der Waals surface area contributed by atoms with E-state index in [0.29, 0.717) is 12.0 Å². The van der Waals surface area contributed by atoms with E-state index in [-0.39, 0.29) is 23.9 Å². The lowest BCUT2D eigenvalue weighted by Crippen LogP contribution is -2.45. The lowest BCUT2D eigenvalue weighted by Gasteiger charge is -2.19. The summed E-state index contributed by atoms with van der Waals surface area (Å²) >= 11 is 0. The van der Waals surface area contributed by atoms with E-state index in [0.717, 1.165) is 23.4 Å². The second kappa shape index (κ2) is 8.14. The summed E-state index contributed by atoms with van der Waals surface area (Å²) in [6.07, 6.45) is 1.18. The van der Waals surface area contributed by atoms with E-state index in [1.807, 2.05) is 39.4 Å². The third-order valence-electron chi connectivity index (χ3n) is 4.41. The summed E-state index contributed by atoms with van der Waals surface area (Å²) in [7, 11) is 1.92. The van der Waals surface area contributed by atoms with Gasteiger partial charge in [-0.15, -0.1) is 0 Å². The molecule has 1 aromatic heterocycles. The van der Waals surface area contributed by atoms with Gasteiger partial charge in [0.05, 0.1) is 5.69 Å². The number of nitrogens with one attached hydrogen (secondary N) is 2. The van der Waals surface area contributed by atoms with Gasteiger partial charge in [-0.25, -0.2) is 9.18 Å². The first-order valence-electron chi connectivity index (χ1n) is 8.57. The largest absolute Gasteiger partial charge is 0.335 e. The van der Waals surface area contributed by atoms with Crippen LogP contribution in [0.1, 0.15) is 36.4 Å². The Morgan fingerprint density at radius 3 is 2.32 bits per heavy atom. The Balaban J connectivity index is 1.86. The van der Waals surface area contributed by atoms with Crippen LogP contribution in [0.3, 0.4) is 0 Å². The van der Waals surface area contributed by atoms with Gasteiger partial charge in [-0.3, -0.25) is 4.68 Å². The number of amides is 2. The Kier molecular flexibility index (Phi) is 6.17. The fourth-order valence-electron chi connectivity index (χ4n) is 3.00. The van der Waals surface area contributed by atoms with Gasteiger partial charge in [0.1, 0.15) is 5.82 Å². The maximum Gasteiger partial charge on any atom is 0.315 e. The van der Waals surface area contributed by atoms with Crippen molar-refractivity contribution in [2.45, 2.75) is 52.6 Å². The van der Waals surface area contributed by atoms with Crippen molar-refractivity contribution in [2.24, 2.45) is 7.05 Å². The van der Waals surface area contributed by atoms with Gasteiger partial charge in [0.25, 0.3) is 0 Å². The average molecular weight is 346 g/mol. The smallest absolute Gasteiger partial charge is 0.315 e. The average Bonchev–Trinajstić information content (AvgIpc) is 2.75. The lowest BCUT2D eigenvalue weighted by atomic mass is 10.1. The molecule has 5 nitrogen and oxygen atoms in total. The van der Waals surface area contributed by atoms with Crippen LogP contribution in [-0.2, 0) is 19.9 Å². The highest BCUT2D eigenvalue weighted by Crippen LogP contribution is 2.14.